The molecule has 0 aliphatic heterocycles. The maximum Gasteiger partial charge on any atom is 0.305 e. The van der Waals surface area contributed by atoms with E-state index in [9.17, 15) is 19.8 Å². The van der Waals surface area contributed by atoms with Crippen molar-refractivity contribution in [3.8, 4) is 5.75 Å². The number of nitrogens with zero attached hydrogens (tertiary/aromatic N) is 2. The number of nitrogens with one attached hydrogen (secondary N) is 3. The van der Waals surface area contributed by atoms with Gasteiger partial charge in [-0.05, 0) is 67.7 Å². The molecule has 1 aliphatic rings. The lowest BCUT2D eigenvalue weighted by Gasteiger charge is -2.36. The summed E-state index contributed by atoms with van der Waals surface area (Å²) in [7, 11) is 1.94. The van der Waals surface area contributed by atoms with Gasteiger partial charge in [0.2, 0.25) is 11.8 Å². The van der Waals surface area contributed by atoms with Crippen LogP contribution in [-0.4, -0.2) is 51.1 Å². The Balaban J connectivity index is 0.950. The Kier molecular flexibility index (Phi) is 10.7. The van der Waals surface area contributed by atoms with Gasteiger partial charge < -0.3 is 30.2 Å². The molecule has 0 bridgehead atoms. The van der Waals surface area contributed by atoms with Crippen LogP contribution in [0.1, 0.15) is 66.9 Å². The quantitative estimate of drug-likeness (QED) is 0.0921. The number of H-pyrrole nitrogens is 1. The molecule has 1 fully saturated rings. The minimum absolute atomic E-state index is 0.0511. The van der Waals surface area contributed by atoms with Gasteiger partial charge in [0.15, 0.2) is 5.60 Å². The molecule has 5 aromatic rings. The number of carbonyl (C=O) groups excluding carboxylic acids is 1. The number of aromatic amines is 1. The Bertz CT molecular complexity index is 1860. The van der Waals surface area contributed by atoms with E-state index in [1.54, 1.807) is 12.3 Å². The lowest BCUT2D eigenvalue weighted by Crippen LogP contribution is -2.38. The highest BCUT2D eigenvalue weighted by atomic mass is 32.1. The van der Waals surface area contributed by atoms with Crippen LogP contribution in [-0.2, 0) is 29.9 Å². The molecule has 0 radical (unpaired) electrons. The van der Waals surface area contributed by atoms with E-state index >= 15 is 0 Å². The van der Waals surface area contributed by atoms with Crippen LogP contribution in [0.25, 0.3) is 10.2 Å². The number of carbonyl (C=O) groups is 1. The van der Waals surface area contributed by atoms with Crippen LogP contribution >= 0.6 is 11.3 Å². The highest BCUT2D eigenvalue weighted by Crippen LogP contribution is 2.43. The lowest BCUT2D eigenvalue weighted by atomic mass is 9.73. The Morgan fingerprint density at radius 1 is 1.08 bits per heavy atom. The monoisotopic (exact) mass is 669 g/mol. The van der Waals surface area contributed by atoms with Crippen molar-refractivity contribution in [1.29, 1.82) is 0 Å². The van der Waals surface area contributed by atoms with Gasteiger partial charge in [-0.1, -0.05) is 79.1 Å². The van der Waals surface area contributed by atoms with Gasteiger partial charge in [-0.15, -0.1) is 0 Å². The van der Waals surface area contributed by atoms with Gasteiger partial charge in [0, 0.05) is 31.1 Å². The van der Waals surface area contributed by atoms with E-state index in [1.807, 2.05) is 72.6 Å². The predicted octanol–water partition coefficient (Wildman–Crippen LogP) is 5.89. The molecule has 1 amide bonds. The fraction of sp³-hybridized carbons (Fsp3) is 0.378. The van der Waals surface area contributed by atoms with Gasteiger partial charge in [-0.2, -0.15) is 0 Å². The molecule has 48 heavy (non-hydrogen) atoms. The number of rotatable bonds is 14. The topological polar surface area (TPSA) is 144 Å². The van der Waals surface area contributed by atoms with E-state index in [-0.39, 0.29) is 22.4 Å². The second-order valence-electron chi connectivity index (χ2n) is 12.7. The smallest absolute Gasteiger partial charge is 0.305 e. The van der Waals surface area contributed by atoms with Crippen LogP contribution in [0, 0.1) is 5.92 Å². The van der Waals surface area contributed by atoms with Crippen LogP contribution in [0.2, 0.25) is 0 Å². The fourth-order valence-corrected chi connectivity index (χ4v) is 7.49. The molecular formula is C37H43N5O5S. The maximum absolute atomic E-state index is 12.7. The Labute approximate surface area is 283 Å². The van der Waals surface area contributed by atoms with Crippen molar-refractivity contribution in [3.05, 3.63) is 111 Å². The molecule has 5 N–H and O–H groups in total. The summed E-state index contributed by atoms with van der Waals surface area (Å²) in [6.07, 6.45) is 7.97. The number of fused-ring (bicyclic) bond motifs is 1. The summed E-state index contributed by atoms with van der Waals surface area (Å²) >= 11 is 1.11. The van der Waals surface area contributed by atoms with Crippen molar-refractivity contribution in [1.82, 2.24) is 20.2 Å². The number of hydrogen-bond donors (Lipinski definition) is 5. The maximum atomic E-state index is 12.7. The highest BCUT2D eigenvalue weighted by molar-refractivity contribution is 7.16. The summed E-state index contributed by atoms with van der Waals surface area (Å²) in [6.45, 7) is 2.38. The zero-order valence-corrected chi connectivity index (χ0v) is 28.0. The molecular weight excluding hydrogens is 627 g/mol. The second-order valence-corrected chi connectivity index (χ2v) is 13.7. The van der Waals surface area contributed by atoms with Crippen LogP contribution < -0.4 is 15.5 Å². The van der Waals surface area contributed by atoms with Gasteiger partial charge in [0.05, 0.1) is 17.4 Å². The molecule has 6 rings (SSSR count). The van der Waals surface area contributed by atoms with Crippen LogP contribution in [0.4, 0.5) is 5.69 Å². The zero-order chi connectivity index (χ0) is 33.5. The summed E-state index contributed by atoms with van der Waals surface area (Å²) in [4.78, 5) is 33.6. The molecule has 2 heterocycles. The zero-order valence-electron chi connectivity index (χ0n) is 27.2. The summed E-state index contributed by atoms with van der Waals surface area (Å²) in [6, 6.07) is 20.9. The number of phenols is 1. The van der Waals surface area contributed by atoms with E-state index in [4.69, 9.17) is 4.42 Å². The van der Waals surface area contributed by atoms with Gasteiger partial charge in [-0.3, -0.25) is 14.5 Å². The second kappa shape index (κ2) is 15.3. The van der Waals surface area contributed by atoms with E-state index in [1.165, 1.54) is 6.42 Å². The molecule has 1 unspecified atom stereocenters. The molecule has 3 aromatic carbocycles. The van der Waals surface area contributed by atoms with Crippen LogP contribution in [0.3, 0.4) is 0 Å². The van der Waals surface area contributed by atoms with Gasteiger partial charge in [0.1, 0.15) is 17.0 Å². The van der Waals surface area contributed by atoms with Gasteiger partial charge in [-0.25, -0.2) is 4.98 Å². The van der Waals surface area contributed by atoms with E-state index in [0.717, 1.165) is 70.5 Å². The van der Waals surface area contributed by atoms with Crippen LogP contribution in [0.5, 0.6) is 5.75 Å². The number of anilines is 1. The molecule has 0 saturated heterocycles. The van der Waals surface area contributed by atoms with E-state index in [0.29, 0.717) is 49.8 Å². The fourth-order valence-electron chi connectivity index (χ4n) is 6.60. The average molecular weight is 670 g/mol. The molecule has 1 saturated carbocycles. The number of thiazole rings is 1. The minimum atomic E-state index is -1.27. The number of aliphatic hydroxyl groups is 1. The highest BCUT2D eigenvalue weighted by Gasteiger charge is 2.44. The largest absolute Gasteiger partial charge is 0.506 e. The van der Waals surface area contributed by atoms with Crippen molar-refractivity contribution in [2.24, 2.45) is 5.92 Å². The van der Waals surface area contributed by atoms with E-state index < -0.39 is 5.60 Å². The SMILES string of the molecule is CN(CCC(=O)Nc1ccc(CNCCc2ccc(O)c3[nH]c(=O)sc23)cc1)Cc1cnc(C(O)(c2ccccc2)C2CCCCC2)o1. The molecule has 1 atom stereocenters. The molecule has 1 aliphatic carbocycles. The summed E-state index contributed by atoms with van der Waals surface area (Å²) in [5, 5.41) is 28.4. The number of phenolic OH excluding ortho intramolecular Hbond substituents is 1. The Morgan fingerprint density at radius 2 is 1.85 bits per heavy atom. The molecule has 11 heteroatoms. The number of amides is 1. The number of hydrogen-bond acceptors (Lipinski definition) is 9. The Hall–Kier alpha value is -4.29. The van der Waals surface area contributed by atoms with Crippen molar-refractivity contribution in [2.45, 2.75) is 63.6 Å². The van der Waals surface area contributed by atoms with Crippen LogP contribution in [0.15, 0.2) is 82.1 Å². The third-order valence-electron chi connectivity index (χ3n) is 9.21. The van der Waals surface area contributed by atoms with Crippen molar-refractivity contribution in [2.75, 3.05) is 25.5 Å². The van der Waals surface area contributed by atoms with Gasteiger partial charge >= 0.3 is 4.87 Å². The van der Waals surface area contributed by atoms with Crippen molar-refractivity contribution >= 4 is 33.1 Å². The third kappa shape index (κ3) is 7.87. The first kappa shape index (κ1) is 33.6. The predicted molar refractivity (Wildman–Crippen MR) is 188 cm³/mol. The van der Waals surface area contributed by atoms with E-state index in [2.05, 4.69) is 20.6 Å². The standard InChI is InChI=1S/C37H43N5O5S/c1-42(24-30-23-39-35(47-30)37(46,27-8-4-2-5-9-27)28-10-6-3-7-11-28)21-19-32(44)40-29-15-12-25(13-16-29)22-38-20-18-26-14-17-31(43)33-34(26)48-36(45)41-33/h2,4-5,8-9,12-17,23,28,38,43,46H,3,6-7,10-11,18-22,24H2,1H3,(H,40,44)(H,41,45). The number of aromatic hydroxyl groups is 1. The van der Waals surface area contributed by atoms with Crippen molar-refractivity contribution < 1.29 is 19.4 Å². The number of oxazole rings is 1. The molecule has 0 spiro atoms. The third-order valence-corrected chi connectivity index (χ3v) is 10.2. The first-order valence-electron chi connectivity index (χ1n) is 16.6. The first-order chi connectivity index (χ1) is 23.3. The minimum Gasteiger partial charge on any atom is -0.506 e. The molecule has 252 valence electrons. The molecule has 10 nitrogen and oxygen atoms in total. The molecule has 2 aromatic heterocycles. The lowest BCUT2D eigenvalue weighted by molar-refractivity contribution is -0.116. The number of aromatic nitrogens is 2. The summed E-state index contributed by atoms with van der Waals surface area (Å²) in [5.74, 6) is 1.06. The Morgan fingerprint density at radius 3 is 2.62 bits per heavy atom. The normalized spacial score (nSPS) is 15.1. The van der Waals surface area contributed by atoms with Gasteiger partial charge in [0.25, 0.3) is 0 Å². The average Bonchev–Trinajstić information content (AvgIpc) is 3.75. The first-order valence-corrected chi connectivity index (χ1v) is 17.5. The summed E-state index contributed by atoms with van der Waals surface area (Å²) < 4.78 is 6.98. The summed E-state index contributed by atoms with van der Waals surface area (Å²) in [5.41, 5.74) is 2.88. The van der Waals surface area contributed by atoms with Crippen molar-refractivity contribution in [3.63, 3.8) is 0 Å². The number of benzene rings is 3.